The molecule has 1 aromatic carbocycles. The van der Waals surface area contributed by atoms with Crippen molar-refractivity contribution >= 4 is 39.3 Å². The molecule has 0 aliphatic heterocycles. The zero-order chi connectivity index (χ0) is 17.2. The first-order valence-corrected chi connectivity index (χ1v) is 9.21. The van der Waals surface area contributed by atoms with Crippen molar-refractivity contribution in [3.05, 3.63) is 47.1 Å². The second-order valence-corrected chi connectivity index (χ2v) is 6.91. The first-order chi connectivity index (χ1) is 11.7. The molecule has 0 aliphatic carbocycles. The number of halogens is 1. The van der Waals surface area contributed by atoms with E-state index in [0.29, 0.717) is 31.2 Å². The van der Waals surface area contributed by atoms with Crippen molar-refractivity contribution in [1.29, 1.82) is 0 Å². The van der Waals surface area contributed by atoms with Gasteiger partial charge in [0.25, 0.3) is 0 Å². The highest BCUT2D eigenvalue weighted by atomic mass is 79.9. The van der Waals surface area contributed by atoms with Crippen LogP contribution in [0.3, 0.4) is 0 Å². The number of nitrogens with one attached hydrogen (secondary N) is 1. The fourth-order valence-corrected chi connectivity index (χ4v) is 2.90. The summed E-state index contributed by atoms with van der Waals surface area (Å²) in [5, 5.41) is 2.83. The highest BCUT2D eigenvalue weighted by Crippen LogP contribution is 2.21. The average molecular weight is 411 g/mol. The molecule has 0 atom stereocenters. The highest BCUT2D eigenvalue weighted by molar-refractivity contribution is 9.10. The molecule has 24 heavy (non-hydrogen) atoms. The Hall–Kier alpha value is -1.57. The minimum atomic E-state index is -0.0329. The first kappa shape index (κ1) is 18.8. The number of pyridine rings is 1. The number of benzene rings is 1. The van der Waals surface area contributed by atoms with Gasteiger partial charge in [0, 0.05) is 34.7 Å². The van der Waals surface area contributed by atoms with E-state index in [4.69, 9.17) is 9.47 Å². The zero-order valence-electron chi connectivity index (χ0n) is 13.3. The van der Waals surface area contributed by atoms with Crippen LogP contribution < -0.4 is 10.1 Å². The van der Waals surface area contributed by atoms with Crippen molar-refractivity contribution in [2.75, 3.05) is 31.4 Å². The second kappa shape index (κ2) is 10.3. The fraction of sp³-hybridized carbons (Fsp3) is 0.294. The third-order valence-corrected chi connectivity index (χ3v) is 4.51. The molecule has 1 heterocycles. The lowest BCUT2D eigenvalue weighted by Gasteiger charge is -2.07. The zero-order valence-corrected chi connectivity index (χ0v) is 15.7. The van der Waals surface area contributed by atoms with Crippen LogP contribution in [0.1, 0.15) is 6.42 Å². The van der Waals surface area contributed by atoms with Crippen LogP contribution >= 0.6 is 27.7 Å². The number of anilines is 1. The van der Waals surface area contributed by atoms with E-state index >= 15 is 0 Å². The van der Waals surface area contributed by atoms with E-state index in [9.17, 15) is 4.79 Å². The van der Waals surface area contributed by atoms with E-state index in [1.54, 1.807) is 37.2 Å². The molecule has 0 radical (unpaired) electrons. The monoisotopic (exact) mass is 410 g/mol. The molecule has 2 rings (SSSR count). The number of ether oxygens (including phenoxy) is 2. The Morgan fingerprint density at radius 2 is 2.00 bits per heavy atom. The van der Waals surface area contributed by atoms with Gasteiger partial charge >= 0.3 is 0 Å². The molecule has 0 saturated carbocycles. The van der Waals surface area contributed by atoms with Gasteiger partial charge in [-0.05, 0) is 30.3 Å². The van der Waals surface area contributed by atoms with E-state index in [1.807, 2.05) is 24.3 Å². The van der Waals surface area contributed by atoms with Crippen molar-refractivity contribution in [2.24, 2.45) is 0 Å². The minimum absolute atomic E-state index is 0.0329. The number of hydrogen-bond donors (Lipinski definition) is 1. The van der Waals surface area contributed by atoms with E-state index in [1.165, 1.54) is 0 Å². The topological polar surface area (TPSA) is 60.5 Å². The molecular formula is C17H19BrN2O3S. The summed E-state index contributed by atoms with van der Waals surface area (Å²) in [6.45, 7) is 0.957. The van der Waals surface area contributed by atoms with Gasteiger partial charge in [-0.15, -0.1) is 11.8 Å². The van der Waals surface area contributed by atoms with Crippen molar-refractivity contribution < 1.29 is 14.3 Å². The van der Waals surface area contributed by atoms with Crippen LogP contribution in [0.15, 0.2) is 52.0 Å². The number of hydrogen-bond acceptors (Lipinski definition) is 5. The van der Waals surface area contributed by atoms with E-state index in [2.05, 4.69) is 26.2 Å². The lowest BCUT2D eigenvalue weighted by molar-refractivity contribution is -0.115. The highest BCUT2D eigenvalue weighted by Gasteiger charge is 2.04. The Bertz CT molecular complexity index is 635. The Morgan fingerprint density at radius 3 is 2.67 bits per heavy atom. The summed E-state index contributed by atoms with van der Waals surface area (Å²) >= 11 is 5.05. The summed E-state index contributed by atoms with van der Waals surface area (Å²) in [5.74, 6) is 1.20. The fourth-order valence-electron chi connectivity index (χ4n) is 1.79. The Morgan fingerprint density at radius 1 is 1.21 bits per heavy atom. The SMILES string of the molecule is COCCOc1ccc(NC(=O)CCSc2ccc(Br)cc2)cn1. The summed E-state index contributed by atoms with van der Waals surface area (Å²) in [6.07, 6.45) is 2.02. The van der Waals surface area contributed by atoms with Crippen molar-refractivity contribution in [3.8, 4) is 5.88 Å². The van der Waals surface area contributed by atoms with Crippen LogP contribution in [-0.4, -0.2) is 37.0 Å². The van der Waals surface area contributed by atoms with Gasteiger partial charge in [0.2, 0.25) is 11.8 Å². The molecule has 0 fully saturated rings. The maximum Gasteiger partial charge on any atom is 0.225 e. The number of nitrogens with zero attached hydrogens (tertiary/aromatic N) is 1. The molecule has 0 unspecified atom stereocenters. The Balaban J connectivity index is 1.70. The molecule has 0 aliphatic rings. The number of amides is 1. The van der Waals surface area contributed by atoms with E-state index in [0.717, 1.165) is 15.1 Å². The molecule has 128 valence electrons. The third-order valence-electron chi connectivity index (χ3n) is 2.97. The molecule has 0 bridgehead atoms. The lowest BCUT2D eigenvalue weighted by atomic mass is 10.4. The van der Waals surface area contributed by atoms with Gasteiger partial charge in [0.05, 0.1) is 18.5 Å². The number of carbonyl (C=O) groups excluding carboxylic acids is 1. The van der Waals surface area contributed by atoms with Gasteiger partial charge < -0.3 is 14.8 Å². The third kappa shape index (κ3) is 6.90. The van der Waals surface area contributed by atoms with Gasteiger partial charge in [-0.3, -0.25) is 4.79 Å². The molecule has 1 N–H and O–H groups in total. The van der Waals surface area contributed by atoms with Crippen molar-refractivity contribution in [2.45, 2.75) is 11.3 Å². The molecule has 5 nitrogen and oxygen atoms in total. The van der Waals surface area contributed by atoms with E-state index < -0.39 is 0 Å². The van der Waals surface area contributed by atoms with Crippen LogP contribution in [0.4, 0.5) is 5.69 Å². The number of thioether (sulfide) groups is 1. The summed E-state index contributed by atoms with van der Waals surface area (Å²) < 4.78 is 11.3. The lowest BCUT2D eigenvalue weighted by Crippen LogP contribution is -2.12. The number of carbonyl (C=O) groups is 1. The predicted octanol–water partition coefficient (Wildman–Crippen LogP) is 3.99. The summed E-state index contributed by atoms with van der Waals surface area (Å²) in [4.78, 5) is 17.2. The van der Waals surface area contributed by atoms with E-state index in [-0.39, 0.29) is 5.91 Å². The number of methoxy groups -OCH3 is 1. The molecule has 1 aromatic heterocycles. The summed E-state index contributed by atoms with van der Waals surface area (Å²) in [6, 6.07) is 11.5. The van der Waals surface area contributed by atoms with Crippen LogP contribution in [0.25, 0.3) is 0 Å². The minimum Gasteiger partial charge on any atom is -0.475 e. The van der Waals surface area contributed by atoms with Crippen LogP contribution in [0, 0.1) is 0 Å². The molecule has 0 spiro atoms. The molecule has 2 aromatic rings. The second-order valence-electron chi connectivity index (χ2n) is 4.83. The number of aromatic nitrogens is 1. The predicted molar refractivity (Wildman–Crippen MR) is 99.7 cm³/mol. The largest absolute Gasteiger partial charge is 0.475 e. The van der Waals surface area contributed by atoms with Gasteiger partial charge in [0.1, 0.15) is 6.61 Å². The van der Waals surface area contributed by atoms with Gasteiger partial charge in [0.15, 0.2) is 0 Å². The molecule has 7 heteroatoms. The summed E-state index contributed by atoms with van der Waals surface area (Å²) in [7, 11) is 1.62. The standard InChI is InChI=1S/C17H19BrN2O3S/c1-22-9-10-23-17-7-4-14(12-19-17)20-16(21)8-11-24-15-5-2-13(18)3-6-15/h2-7,12H,8-11H2,1H3,(H,20,21). The Kier molecular flexibility index (Phi) is 8.07. The first-order valence-electron chi connectivity index (χ1n) is 7.43. The molecular weight excluding hydrogens is 392 g/mol. The Labute approximate surface area is 154 Å². The number of rotatable bonds is 9. The maximum atomic E-state index is 11.9. The van der Waals surface area contributed by atoms with Crippen molar-refractivity contribution in [3.63, 3.8) is 0 Å². The smallest absolute Gasteiger partial charge is 0.225 e. The van der Waals surface area contributed by atoms with Gasteiger partial charge in [-0.2, -0.15) is 0 Å². The maximum absolute atomic E-state index is 11.9. The van der Waals surface area contributed by atoms with Crippen LogP contribution in [0.2, 0.25) is 0 Å². The molecule has 0 saturated heterocycles. The van der Waals surface area contributed by atoms with Crippen molar-refractivity contribution in [1.82, 2.24) is 4.98 Å². The average Bonchev–Trinajstić information content (AvgIpc) is 2.58. The van der Waals surface area contributed by atoms with Crippen LogP contribution in [0.5, 0.6) is 5.88 Å². The molecule has 1 amide bonds. The summed E-state index contributed by atoms with van der Waals surface area (Å²) in [5.41, 5.74) is 0.660. The van der Waals surface area contributed by atoms with Gasteiger partial charge in [-0.25, -0.2) is 4.98 Å². The van der Waals surface area contributed by atoms with Crippen LogP contribution in [-0.2, 0) is 9.53 Å². The van der Waals surface area contributed by atoms with Gasteiger partial charge in [-0.1, -0.05) is 15.9 Å². The normalized spacial score (nSPS) is 10.4. The quantitative estimate of drug-likeness (QED) is 0.500.